The van der Waals surface area contributed by atoms with E-state index in [9.17, 15) is 0 Å². The highest BCUT2D eigenvalue weighted by Crippen LogP contribution is 2.17. The van der Waals surface area contributed by atoms with Crippen LogP contribution in [0.5, 0.6) is 0 Å². The Bertz CT molecular complexity index is 329. The van der Waals surface area contributed by atoms with Gasteiger partial charge in [0.05, 0.1) is 11.6 Å². The monoisotopic (exact) mass is 197 g/mol. The van der Waals surface area contributed by atoms with Crippen LogP contribution in [0.25, 0.3) is 5.57 Å². The van der Waals surface area contributed by atoms with Crippen LogP contribution < -0.4 is 5.32 Å². The van der Waals surface area contributed by atoms with Gasteiger partial charge in [0.25, 0.3) is 0 Å². The second-order valence-electron chi connectivity index (χ2n) is 3.24. The van der Waals surface area contributed by atoms with Crippen LogP contribution in [0, 0.1) is 0 Å². The Labute approximate surface area is 82.4 Å². The minimum atomic E-state index is 0.101. The van der Waals surface area contributed by atoms with Gasteiger partial charge in [-0.15, -0.1) is 11.6 Å². The lowest BCUT2D eigenvalue weighted by atomic mass is 10.1. The number of alkyl halides is 1. The van der Waals surface area contributed by atoms with Crippen molar-refractivity contribution < 1.29 is 0 Å². The summed E-state index contributed by atoms with van der Waals surface area (Å²) in [5.41, 5.74) is 2.39. The average Bonchev–Trinajstić information content (AvgIpc) is 2.52. The van der Waals surface area contributed by atoms with E-state index in [1.165, 1.54) is 5.57 Å². The molecule has 1 N–H and O–H groups in total. The van der Waals surface area contributed by atoms with Gasteiger partial charge in [-0.2, -0.15) is 5.10 Å². The zero-order valence-corrected chi connectivity index (χ0v) is 8.25. The van der Waals surface area contributed by atoms with Crippen LogP contribution in [-0.4, -0.2) is 28.2 Å². The Morgan fingerprint density at radius 1 is 1.69 bits per heavy atom. The SMILES string of the molecule is Cn1cc(C2=CC(Cl)CNC2)cn1. The number of nitrogens with zero attached hydrogens (tertiary/aromatic N) is 2. The molecule has 0 amide bonds. The van der Waals surface area contributed by atoms with Gasteiger partial charge in [0.2, 0.25) is 0 Å². The van der Waals surface area contributed by atoms with Gasteiger partial charge >= 0.3 is 0 Å². The van der Waals surface area contributed by atoms with Crippen molar-refractivity contribution in [2.75, 3.05) is 13.1 Å². The lowest BCUT2D eigenvalue weighted by Gasteiger charge is -2.16. The van der Waals surface area contributed by atoms with Crippen LogP contribution >= 0.6 is 11.6 Å². The van der Waals surface area contributed by atoms with E-state index in [0.717, 1.165) is 18.7 Å². The van der Waals surface area contributed by atoms with E-state index in [2.05, 4.69) is 16.5 Å². The molecule has 2 heterocycles. The molecule has 1 aliphatic heterocycles. The zero-order valence-electron chi connectivity index (χ0n) is 7.50. The first kappa shape index (κ1) is 8.78. The smallest absolute Gasteiger partial charge is 0.0647 e. The topological polar surface area (TPSA) is 29.9 Å². The highest BCUT2D eigenvalue weighted by Gasteiger charge is 2.12. The lowest BCUT2D eigenvalue weighted by Crippen LogP contribution is -2.28. The molecule has 0 fully saturated rings. The van der Waals surface area contributed by atoms with Crippen molar-refractivity contribution in [1.29, 1.82) is 0 Å². The van der Waals surface area contributed by atoms with Gasteiger partial charge in [0.1, 0.15) is 0 Å². The summed E-state index contributed by atoms with van der Waals surface area (Å²) >= 11 is 6.00. The first-order valence-electron chi connectivity index (χ1n) is 4.30. The normalized spacial score (nSPS) is 22.9. The second kappa shape index (κ2) is 3.52. The fourth-order valence-electron chi connectivity index (χ4n) is 1.47. The van der Waals surface area contributed by atoms with Gasteiger partial charge in [0.15, 0.2) is 0 Å². The molecule has 0 spiro atoms. The van der Waals surface area contributed by atoms with Crippen LogP contribution in [0.2, 0.25) is 0 Å². The number of hydrogen-bond donors (Lipinski definition) is 1. The number of nitrogens with one attached hydrogen (secondary N) is 1. The van der Waals surface area contributed by atoms with E-state index in [1.807, 2.05) is 19.4 Å². The summed E-state index contributed by atoms with van der Waals surface area (Å²) in [4.78, 5) is 0. The van der Waals surface area contributed by atoms with Gasteiger partial charge in [-0.3, -0.25) is 4.68 Å². The van der Waals surface area contributed by atoms with Gasteiger partial charge in [-0.25, -0.2) is 0 Å². The van der Waals surface area contributed by atoms with E-state index in [1.54, 1.807) is 4.68 Å². The predicted molar refractivity (Wildman–Crippen MR) is 53.7 cm³/mol. The van der Waals surface area contributed by atoms with Crippen LogP contribution in [0.1, 0.15) is 5.56 Å². The molecule has 0 aromatic carbocycles. The third-order valence-electron chi connectivity index (χ3n) is 2.11. The quantitative estimate of drug-likeness (QED) is 0.682. The molecule has 3 nitrogen and oxygen atoms in total. The molecule has 0 bridgehead atoms. The fourth-order valence-corrected chi connectivity index (χ4v) is 1.73. The molecule has 2 rings (SSSR count). The maximum atomic E-state index is 6.00. The molecule has 70 valence electrons. The number of aromatic nitrogens is 2. The number of rotatable bonds is 1. The van der Waals surface area contributed by atoms with Crippen LogP contribution in [-0.2, 0) is 7.05 Å². The van der Waals surface area contributed by atoms with Crippen molar-refractivity contribution in [3.8, 4) is 0 Å². The molecular weight excluding hydrogens is 186 g/mol. The average molecular weight is 198 g/mol. The summed E-state index contributed by atoms with van der Waals surface area (Å²) in [6.45, 7) is 1.74. The molecule has 0 aliphatic carbocycles. The van der Waals surface area contributed by atoms with Crippen LogP contribution in [0.4, 0.5) is 0 Å². The molecule has 1 unspecified atom stereocenters. The summed E-state index contributed by atoms with van der Waals surface area (Å²) in [5, 5.41) is 7.48. The number of hydrogen-bond acceptors (Lipinski definition) is 2. The molecular formula is C9H12ClN3. The van der Waals surface area contributed by atoms with Gasteiger partial charge in [-0.1, -0.05) is 6.08 Å². The summed E-state index contributed by atoms with van der Waals surface area (Å²) in [6, 6.07) is 0. The standard InChI is InChI=1S/C9H12ClN3/c1-13-6-8(4-12-13)7-2-9(10)5-11-3-7/h2,4,6,9,11H,3,5H2,1H3. The van der Waals surface area contributed by atoms with E-state index in [0.29, 0.717) is 0 Å². The lowest BCUT2D eigenvalue weighted by molar-refractivity contribution is 0.743. The molecule has 13 heavy (non-hydrogen) atoms. The Morgan fingerprint density at radius 3 is 3.15 bits per heavy atom. The molecule has 0 radical (unpaired) electrons. The fraction of sp³-hybridized carbons (Fsp3) is 0.444. The van der Waals surface area contributed by atoms with Crippen molar-refractivity contribution in [2.24, 2.45) is 7.05 Å². The van der Waals surface area contributed by atoms with E-state index < -0.39 is 0 Å². The van der Waals surface area contributed by atoms with Crippen molar-refractivity contribution in [2.45, 2.75) is 5.38 Å². The van der Waals surface area contributed by atoms with Gasteiger partial charge < -0.3 is 5.32 Å². The highest BCUT2D eigenvalue weighted by atomic mass is 35.5. The molecule has 1 aromatic rings. The summed E-state index contributed by atoms with van der Waals surface area (Å²) in [6.07, 6.45) is 5.96. The molecule has 1 aliphatic rings. The van der Waals surface area contributed by atoms with Crippen LogP contribution in [0.3, 0.4) is 0 Å². The second-order valence-corrected chi connectivity index (χ2v) is 3.80. The molecule has 1 atom stereocenters. The van der Waals surface area contributed by atoms with E-state index in [-0.39, 0.29) is 5.38 Å². The zero-order chi connectivity index (χ0) is 9.26. The van der Waals surface area contributed by atoms with Crippen LogP contribution in [0.15, 0.2) is 18.5 Å². The Balaban J connectivity index is 2.25. The van der Waals surface area contributed by atoms with Crippen molar-refractivity contribution in [1.82, 2.24) is 15.1 Å². The Morgan fingerprint density at radius 2 is 2.54 bits per heavy atom. The van der Waals surface area contributed by atoms with E-state index in [4.69, 9.17) is 11.6 Å². The number of aryl methyl sites for hydroxylation is 1. The number of halogens is 1. The summed E-state index contributed by atoms with van der Waals surface area (Å²) in [5.74, 6) is 0. The molecule has 4 heteroatoms. The molecule has 0 saturated heterocycles. The van der Waals surface area contributed by atoms with Crippen molar-refractivity contribution >= 4 is 17.2 Å². The molecule has 1 aromatic heterocycles. The highest BCUT2D eigenvalue weighted by molar-refractivity contribution is 6.22. The first-order chi connectivity index (χ1) is 6.25. The maximum Gasteiger partial charge on any atom is 0.0647 e. The minimum Gasteiger partial charge on any atom is -0.311 e. The summed E-state index contributed by atoms with van der Waals surface area (Å²) < 4.78 is 1.80. The minimum absolute atomic E-state index is 0.101. The third kappa shape index (κ3) is 1.92. The predicted octanol–water partition coefficient (Wildman–Crippen LogP) is 1.01. The summed E-state index contributed by atoms with van der Waals surface area (Å²) in [7, 11) is 1.92. The Kier molecular flexibility index (Phi) is 2.38. The van der Waals surface area contributed by atoms with Crippen molar-refractivity contribution in [3.63, 3.8) is 0 Å². The van der Waals surface area contributed by atoms with Gasteiger partial charge in [-0.05, 0) is 5.57 Å². The maximum absolute atomic E-state index is 6.00. The molecule has 0 saturated carbocycles. The third-order valence-corrected chi connectivity index (χ3v) is 2.39. The largest absolute Gasteiger partial charge is 0.311 e. The van der Waals surface area contributed by atoms with Crippen molar-refractivity contribution in [3.05, 3.63) is 24.0 Å². The first-order valence-corrected chi connectivity index (χ1v) is 4.74. The Hall–Kier alpha value is -0.800. The van der Waals surface area contributed by atoms with Gasteiger partial charge in [0, 0.05) is 31.9 Å². The van der Waals surface area contributed by atoms with E-state index >= 15 is 0 Å².